The molecule has 16 heavy (non-hydrogen) atoms. The van der Waals surface area contributed by atoms with Gasteiger partial charge in [-0.3, -0.25) is 4.79 Å². The predicted octanol–water partition coefficient (Wildman–Crippen LogP) is 2.07. The molecule has 0 saturated heterocycles. The van der Waals surface area contributed by atoms with Gasteiger partial charge < -0.3 is 9.84 Å². The van der Waals surface area contributed by atoms with E-state index in [-0.39, 0.29) is 6.42 Å². The molecule has 84 valence electrons. The molecule has 0 aliphatic carbocycles. The van der Waals surface area contributed by atoms with Crippen LogP contribution in [0.15, 0.2) is 18.2 Å². The van der Waals surface area contributed by atoms with E-state index < -0.39 is 5.97 Å². The smallest absolute Gasteiger partial charge is 0.307 e. The quantitative estimate of drug-likeness (QED) is 0.682. The fourth-order valence-electron chi connectivity index (χ4n) is 1.29. The second kappa shape index (κ2) is 6.19. The molecule has 0 unspecified atom stereocenters. The predicted molar refractivity (Wildman–Crippen MR) is 65.0 cm³/mol. The molecule has 0 aromatic heterocycles. The topological polar surface area (TPSA) is 46.5 Å². The lowest BCUT2D eigenvalue weighted by Crippen LogP contribution is -2.02. The maximum Gasteiger partial charge on any atom is 0.307 e. The second-order valence-corrected chi connectivity index (χ2v) is 3.59. The molecule has 0 saturated carbocycles. The second-order valence-electron chi connectivity index (χ2n) is 3.03. The van der Waals surface area contributed by atoms with Crippen LogP contribution < -0.4 is 4.74 Å². The van der Waals surface area contributed by atoms with Gasteiger partial charge in [0, 0.05) is 11.1 Å². The molecule has 0 fully saturated rings. The third-order valence-corrected chi connectivity index (χ3v) is 2.20. The van der Waals surface area contributed by atoms with E-state index in [1.807, 2.05) is 0 Å². The number of hydrogen-bond acceptors (Lipinski definition) is 2. The summed E-state index contributed by atoms with van der Waals surface area (Å²) in [4.78, 5) is 10.7. The van der Waals surface area contributed by atoms with Crippen molar-refractivity contribution in [3.05, 3.63) is 29.3 Å². The van der Waals surface area contributed by atoms with Gasteiger partial charge in [0.05, 0.1) is 18.9 Å². The molecular formula is C12H11BrO3. The number of carboxylic acid groups (broad SMARTS) is 1. The van der Waals surface area contributed by atoms with Crippen LogP contribution in [-0.4, -0.2) is 23.5 Å². The lowest BCUT2D eigenvalue weighted by Gasteiger charge is -2.06. The van der Waals surface area contributed by atoms with Crippen LogP contribution in [0.3, 0.4) is 0 Å². The number of carbonyl (C=O) groups is 1. The fraction of sp³-hybridized carbons (Fsp3) is 0.250. The van der Waals surface area contributed by atoms with Crippen molar-refractivity contribution in [3.63, 3.8) is 0 Å². The summed E-state index contributed by atoms with van der Waals surface area (Å²) in [6.07, 6.45) is -0.0625. The third kappa shape index (κ3) is 3.59. The third-order valence-electron chi connectivity index (χ3n) is 1.92. The van der Waals surface area contributed by atoms with Crippen molar-refractivity contribution in [2.75, 3.05) is 12.4 Å². The van der Waals surface area contributed by atoms with Gasteiger partial charge in [-0.25, -0.2) is 0 Å². The monoisotopic (exact) mass is 282 g/mol. The van der Waals surface area contributed by atoms with Crippen LogP contribution in [0.25, 0.3) is 0 Å². The Morgan fingerprint density at radius 3 is 2.88 bits per heavy atom. The van der Waals surface area contributed by atoms with Gasteiger partial charge in [0.25, 0.3) is 0 Å². The molecule has 0 radical (unpaired) electrons. The van der Waals surface area contributed by atoms with Crippen molar-refractivity contribution in [2.24, 2.45) is 0 Å². The first-order valence-corrected chi connectivity index (χ1v) is 5.73. The minimum atomic E-state index is -0.885. The zero-order chi connectivity index (χ0) is 12.0. The van der Waals surface area contributed by atoms with Gasteiger partial charge >= 0.3 is 5.97 Å². The summed E-state index contributed by atoms with van der Waals surface area (Å²) in [6, 6.07) is 5.28. The summed E-state index contributed by atoms with van der Waals surface area (Å²) in [5.41, 5.74) is 1.42. The van der Waals surface area contributed by atoms with Crippen LogP contribution >= 0.6 is 15.9 Å². The Kier molecular flexibility index (Phi) is 4.87. The first kappa shape index (κ1) is 12.6. The molecule has 1 aromatic carbocycles. The Bertz CT molecular complexity index is 443. The van der Waals surface area contributed by atoms with Crippen LogP contribution in [0.2, 0.25) is 0 Å². The summed E-state index contributed by atoms with van der Waals surface area (Å²) in [7, 11) is 1.52. The highest BCUT2D eigenvalue weighted by atomic mass is 79.9. The number of aliphatic carboxylic acids is 1. The standard InChI is InChI=1S/C12H11BrO3/c1-16-11-5-4-9(3-2-6-13)7-10(11)8-12(14)15/h4-5,7H,6,8H2,1H3,(H,14,15). The first-order valence-electron chi connectivity index (χ1n) is 4.61. The average molecular weight is 283 g/mol. The molecule has 1 aromatic rings. The Balaban J connectivity index is 3.05. The molecule has 3 nitrogen and oxygen atoms in total. The SMILES string of the molecule is COc1ccc(C#CCBr)cc1CC(=O)O. The van der Waals surface area contributed by atoms with Crippen molar-refractivity contribution in [1.29, 1.82) is 0 Å². The Labute approximate surface area is 103 Å². The number of alkyl halides is 1. The Morgan fingerprint density at radius 2 is 2.31 bits per heavy atom. The molecule has 0 amide bonds. The van der Waals surface area contributed by atoms with Crippen molar-refractivity contribution >= 4 is 21.9 Å². The number of carboxylic acids is 1. The molecule has 0 heterocycles. The molecule has 0 spiro atoms. The van der Waals surface area contributed by atoms with Gasteiger partial charge in [-0.05, 0) is 18.2 Å². The Hall–Kier alpha value is -1.47. The van der Waals surface area contributed by atoms with Crippen LogP contribution in [0, 0.1) is 11.8 Å². The van der Waals surface area contributed by atoms with Crippen LogP contribution in [0.1, 0.15) is 11.1 Å². The van der Waals surface area contributed by atoms with E-state index >= 15 is 0 Å². The van der Waals surface area contributed by atoms with Crippen molar-refractivity contribution in [3.8, 4) is 17.6 Å². The van der Waals surface area contributed by atoms with Gasteiger partial charge in [0.2, 0.25) is 0 Å². The molecule has 0 aliphatic rings. The summed E-state index contributed by atoms with van der Waals surface area (Å²) in [5.74, 6) is 5.47. The molecule has 0 atom stereocenters. The lowest BCUT2D eigenvalue weighted by atomic mass is 10.1. The van der Waals surface area contributed by atoms with Gasteiger partial charge in [0.15, 0.2) is 0 Å². The number of halogens is 1. The van der Waals surface area contributed by atoms with Crippen LogP contribution in [0.5, 0.6) is 5.75 Å². The molecule has 1 rings (SSSR count). The first-order chi connectivity index (χ1) is 7.67. The summed E-state index contributed by atoms with van der Waals surface area (Å²) in [6.45, 7) is 0. The number of benzene rings is 1. The average Bonchev–Trinajstić information content (AvgIpc) is 2.26. The summed E-state index contributed by atoms with van der Waals surface area (Å²) >= 11 is 3.20. The van der Waals surface area contributed by atoms with E-state index in [4.69, 9.17) is 9.84 Å². The van der Waals surface area contributed by atoms with Crippen molar-refractivity contribution in [1.82, 2.24) is 0 Å². The van der Waals surface area contributed by atoms with Gasteiger partial charge in [-0.15, -0.1) is 0 Å². The summed E-state index contributed by atoms with van der Waals surface area (Å²) < 4.78 is 5.08. The number of methoxy groups -OCH3 is 1. The van der Waals surface area contributed by atoms with Crippen LogP contribution in [-0.2, 0) is 11.2 Å². The van der Waals surface area contributed by atoms with E-state index in [0.717, 1.165) is 5.56 Å². The van der Waals surface area contributed by atoms with Crippen molar-refractivity contribution < 1.29 is 14.6 Å². The van der Waals surface area contributed by atoms with E-state index in [0.29, 0.717) is 16.6 Å². The Morgan fingerprint density at radius 1 is 1.56 bits per heavy atom. The number of hydrogen-bond donors (Lipinski definition) is 1. The van der Waals surface area contributed by atoms with E-state index in [9.17, 15) is 4.79 Å². The van der Waals surface area contributed by atoms with Gasteiger partial charge in [-0.2, -0.15) is 0 Å². The maximum atomic E-state index is 10.7. The lowest BCUT2D eigenvalue weighted by molar-refractivity contribution is -0.136. The minimum Gasteiger partial charge on any atom is -0.496 e. The largest absolute Gasteiger partial charge is 0.496 e. The highest BCUT2D eigenvalue weighted by molar-refractivity contribution is 9.09. The number of rotatable bonds is 3. The fourth-order valence-corrected chi connectivity index (χ4v) is 1.43. The number of ether oxygens (including phenoxy) is 1. The molecule has 0 aliphatic heterocycles. The van der Waals surface area contributed by atoms with Crippen LogP contribution in [0.4, 0.5) is 0 Å². The van der Waals surface area contributed by atoms with Crippen molar-refractivity contribution in [2.45, 2.75) is 6.42 Å². The zero-order valence-electron chi connectivity index (χ0n) is 8.79. The molecule has 1 N–H and O–H groups in total. The molecule has 4 heteroatoms. The van der Waals surface area contributed by atoms with E-state index in [1.165, 1.54) is 7.11 Å². The van der Waals surface area contributed by atoms with E-state index in [2.05, 4.69) is 27.8 Å². The maximum absolute atomic E-state index is 10.7. The van der Waals surface area contributed by atoms with E-state index in [1.54, 1.807) is 18.2 Å². The zero-order valence-corrected chi connectivity index (χ0v) is 10.4. The molecule has 0 bridgehead atoms. The minimum absolute atomic E-state index is 0.0625. The normalized spacial score (nSPS) is 9.12. The highest BCUT2D eigenvalue weighted by Gasteiger charge is 2.07. The molecular weight excluding hydrogens is 272 g/mol. The summed E-state index contributed by atoms with van der Waals surface area (Å²) in [5, 5.41) is 9.35. The van der Waals surface area contributed by atoms with Gasteiger partial charge in [-0.1, -0.05) is 27.8 Å². The highest BCUT2D eigenvalue weighted by Crippen LogP contribution is 2.20. The van der Waals surface area contributed by atoms with Gasteiger partial charge in [0.1, 0.15) is 5.75 Å².